The van der Waals surface area contributed by atoms with E-state index in [1.807, 2.05) is 72.8 Å². The van der Waals surface area contributed by atoms with Crippen LogP contribution in [0.3, 0.4) is 0 Å². The van der Waals surface area contributed by atoms with Crippen molar-refractivity contribution in [3.05, 3.63) is 256 Å². The zero-order valence-corrected chi connectivity index (χ0v) is 44.7. The number of benzene rings is 8. The van der Waals surface area contributed by atoms with Gasteiger partial charge in [-0.05, 0) is 60.7 Å². The monoisotopic (exact) mass is 1170 g/mol. The molecule has 0 aromatic heterocycles. The Balaban J connectivity index is 0. The van der Waals surface area contributed by atoms with Crippen molar-refractivity contribution in [2.45, 2.75) is 26.5 Å². The minimum absolute atomic E-state index is 0. The molecule has 8 aromatic rings. The Labute approximate surface area is 461 Å². The third-order valence-corrected chi connectivity index (χ3v) is 16.0. The fraction of sp³-hybridized carbons (Fsp3) is 0.0185. The second-order valence-corrected chi connectivity index (χ2v) is 19.5. The van der Waals surface area contributed by atoms with Crippen LogP contribution in [0.15, 0.2) is 238 Å². The molecule has 0 unspecified atom stereocenters. The Bertz CT molecular complexity index is 2230. The molecular formula is C54H48Cu4N2P2S4-3. The molecule has 8 aromatic carbocycles. The van der Waals surface area contributed by atoms with Crippen LogP contribution in [0.25, 0.3) is 5.41 Å². The van der Waals surface area contributed by atoms with Gasteiger partial charge in [0.25, 0.3) is 0 Å². The fourth-order valence-corrected chi connectivity index (χ4v) is 12.1. The van der Waals surface area contributed by atoms with Gasteiger partial charge in [-0.1, -0.05) is 128 Å². The summed E-state index contributed by atoms with van der Waals surface area (Å²) >= 11 is 20.9. The average Bonchev–Trinajstić information content (AvgIpc) is 3.30. The molecule has 66 heavy (non-hydrogen) atoms. The summed E-state index contributed by atoms with van der Waals surface area (Å²) in [4.78, 5) is 3.61. The molecule has 8 rings (SSSR count). The molecule has 0 saturated heterocycles. The molecule has 0 heterocycles. The molecule has 0 aliphatic carbocycles. The molecule has 0 aliphatic heterocycles. The van der Waals surface area contributed by atoms with Crippen LogP contribution in [-0.2, 0) is 119 Å². The van der Waals surface area contributed by atoms with Gasteiger partial charge < -0.3 is 62.8 Å². The van der Waals surface area contributed by atoms with Gasteiger partial charge in [-0.25, -0.2) is 36.5 Å². The normalized spacial score (nSPS) is 8.94. The van der Waals surface area contributed by atoms with Crippen LogP contribution < -0.4 is 31.8 Å². The predicted octanol–water partition coefficient (Wildman–Crippen LogP) is 10.7. The van der Waals surface area contributed by atoms with Crippen molar-refractivity contribution in [3.63, 3.8) is 0 Å². The van der Waals surface area contributed by atoms with E-state index in [-0.39, 0.29) is 68.3 Å². The second-order valence-electron chi connectivity index (χ2n) is 12.8. The Kier molecular flexibility index (Phi) is 37.4. The van der Waals surface area contributed by atoms with Crippen molar-refractivity contribution in [3.8, 4) is 6.07 Å². The zero-order valence-electron chi connectivity index (χ0n) is 35.7. The summed E-state index contributed by atoms with van der Waals surface area (Å²) in [6, 6.07) is 76.1. The Hall–Kier alpha value is -3.65. The van der Waals surface area contributed by atoms with Crippen LogP contribution in [0, 0.1) is 32.1 Å². The van der Waals surface area contributed by atoms with Crippen molar-refractivity contribution in [2.75, 3.05) is 0 Å². The van der Waals surface area contributed by atoms with Crippen molar-refractivity contribution >= 4 is 104 Å². The Morgan fingerprint density at radius 3 is 0.788 bits per heavy atom. The molecule has 0 bridgehead atoms. The summed E-state index contributed by atoms with van der Waals surface area (Å²) < 4.78 is 0. The van der Waals surface area contributed by atoms with E-state index in [1.165, 1.54) is 37.9 Å². The first kappa shape index (κ1) is 64.4. The van der Waals surface area contributed by atoms with E-state index in [9.17, 15) is 0 Å². The van der Waals surface area contributed by atoms with Crippen LogP contribution in [0.4, 0.5) is 0 Å². The van der Waals surface area contributed by atoms with E-state index in [1.54, 1.807) is 6.92 Å². The van der Waals surface area contributed by atoms with Crippen LogP contribution in [0.2, 0.25) is 0 Å². The largest absolute Gasteiger partial charge is 2.00 e. The van der Waals surface area contributed by atoms with E-state index >= 15 is 0 Å². The molecule has 0 aliphatic rings. The smallest absolute Gasteiger partial charge is 0.858 e. The first-order valence-corrected chi connectivity index (χ1v) is 24.0. The average molecular weight is 1170 g/mol. The first-order chi connectivity index (χ1) is 30.2. The van der Waals surface area contributed by atoms with Crippen LogP contribution >= 0.6 is 15.8 Å². The molecule has 2 nitrogen and oxygen atoms in total. The molecule has 0 N–H and O–H groups in total. The quantitative estimate of drug-likeness (QED) is 0.0546. The van der Waals surface area contributed by atoms with Crippen molar-refractivity contribution in [2.24, 2.45) is 0 Å². The number of nitrogens with zero attached hydrogens (tertiary/aromatic N) is 2. The summed E-state index contributed by atoms with van der Waals surface area (Å²) in [6.07, 6.45) is 1.00. The van der Waals surface area contributed by atoms with E-state index < -0.39 is 15.8 Å². The van der Waals surface area contributed by atoms with Gasteiger partial charge in [0.15, 0.2) is 0 Å². The van der Waals surface area contributed by atoms with Crippen LogP contribution in [0.1, 0.15) is 18.1 Å². The minimum atomic E-state index is -1.01. The van der Waals surface area contributed by atoms with E-state index in [0.717, 1.165) is 36.9 Å². The van der Waals surface area contributed by atoms with Crippen molar-refractivity contribution in [1.29, 1.82) is 5.26 Å². The summed E-state index contributed by atoms with van der Waals surface area (Å²) in [5, 5.41) is 22.7. The molecular weight excluding hydrogens is 1120 g/mol. The summed E-state index contributed by atoms with van der Waals surface area (Å²) in [5.74, 6) is 0. The molecule has 0 spiro atoms. The maximum atomic E-state index is 7.44. The van der Waals surface area contributed by atoms with Crippen LogP contribution in [0.5, 0.6) is 0 Å². The molecule has 0 atom stereocenters. The molecule has 355 valence electrons. The predicted molar refractivity (Wildman–Crippen MR) is 283 cm³/mol. The maximum Gasteiger partial charge on any atom is 2.00 e. The summed E-state index contributed by atoms with van der Waals surface area (Å²) in [5.41, 5.74) is 1.87. The number of hydrogen-bond acceptors (Lipinski definition) is 5. The Morgan fingerprint density at radius 1 is 0.424 bits per heavy atom. The number of rotatable bonds is 6. The van der Waals surface area contributed by atoms with Gasteiger partial charge in [0.1, 0.15) is 21.2 Å². The van der Waals surface area contributed by atoms with E-state index in [2.05, 4.69) is 166 Å². The zero-order chi connectivity index (χ0) is 45.0. The summed E-state index contributed by atoms with van der Waals surface area (Å²) in [7, 11) is -2.02. The molecule has 12 heteroatoms. The summed E-state index contributed by atoms with van der Waals surface area (Å²) in [6.45, 7) is 11.8. The standard InChI is InChI=1S/2C18H15PS.2C7H7S.C2H4N.C2H2N.4Cu/c2*20-18-14-8-7-13-17(18)19(15-9-3-1-4-10-15)16-11-5-2-6-12-16;2*1-6-4-2-3-5-7(6)8;2*1-2-3;;;;/h2*1-14,20H;2*2-5,8H,1H2;2H,1H3;1H2;;;;/q;;4*-1;;;+1;+2/p-2. The minimum Gasteiger partial charge on any atom is -0.858 e. The third-order valence-electron chi connectivity index (χ3n) is 8.51. The SMILES string of the molecule is CC=[N-].[CH2-]C#N.[CH2-]c1ccccc1[S-].[CH2-]c1ccccc1[S-].[Cu+2].[Cu+].[Cu].[Cu].[S-]c1ccccc1[PH+](c1ccccc1)c1ccccc1.[S-]c1ccccc1[PH+](c1ccccc1)c1ccccc1. The second kappa shape index (κ2) is 38.3. The van der Waals surface area contributed by atoms with Gasteiger partial charge in [0, 0.05) is 34.1 Å². The van der Waals surface area contributed by atoms with Gasteiger partial charge in [0.2, 0.25) is 0 Å². The first-order valence-electron chi connectivity index (χ1n) is 19.4. The van der Waals surface area contributed by atoms with Crippen LogP contribution in [-0.4, -0.2) is 6.21 Å². The fourth-order valence-electron chi connectivity index (χ4n) is 5.73. The van der Waals surface area contributed by atoms with Crippen molar-refractivity contribution < 1.29 is 68.3 Å². The molecule has 3 radical (unpaired) electrons. The van der Waals surface area contributed by atoms with Gasteiger partial charge in [-0.2, -0.15) is 12.1 Å². The van der Waals surface area contributed by atoms with E-state index in [4.69, 9.17) is 61.2 Å². The molecule has 0 fully saturated rings. The van der Waals surface area contributed by atoms with Gasteiger partial charge in [0.05, 0.1) is 26.5 Å². The topological polar surface area (TPSA) is 46.1 Å². The van der Waals surface area contributed by atoms with Gasteiger partial charge >= 0.3 is 34.1 Å². The number of hydrogen-bond donors (Lipinski definition) is 0. The third kappa shape index (κ3) is 22.9. The Morgan fingerprint density at radius 2 is 0.606 bits per heavy atom. The van der Waals surface area contributed by atoms with Gasteiger partial charge in [-0.15, -0.1) is 40.1 Å². The molecule has 0 saturated carbocycles. The van der Waals surface area contributed by atoms with E-state index in [0.29, 0.717) is 0 Å². The van der Waals surface area contributed by atoms with Gasteiger partial charge in [-0.3, -0.25) is 9.79 Å². The molecule has 0 amide bonds. The maximum absolute atomic E-state index is 7.44. The number of nitriles is 1. The van der Waals surface area contributed by atoms with Crippen molar-refractivity contribution in [1.82, 2.24) is 0 Å².